The van der Waals surface area contributed by atoms with Crippen LogP contribution >= 0.6 is 0 Å². The van der Waals surface area contributed by atoms with Crippen molar-refractivity contribution in [2.24, 2.45) is 0 Å². The van der Waals surface area contributed by atoms with E-state index in [1.807, 2.05) is 0 Å². The molecular weight excluding hydrogens is 302 g/mol. The van der Waals surface area contributed by atoms with E-state index in [0.717, 1.165) is 0 Å². The maximum absolute atomic E-state index is 12.2. The van der Waals surface area contributed by atoms with Crippen molar-refractivity contribution in [2.45, 2.75) is 18.9 Å². The van der Waals surface area contributed by atoms with Crippen LogP contribution in [0.15, 0.2) is 24.3 Å². The number of urea groups is 1. The Labute approximate surface area is 132 Å². The van der Waals surface area contributed by atoms with Crippen molar-refractivity contribution in [1.82, 2.24) is 15.5 Å². The largest absolute Gasteiger partial charge is 0.481 e. The summed E-state index contributed by atoms with van der Waals surface area (Å²) in [4.78, 5) is 47.2. The molecule has 0 aromatic heterocycles. The summed E-state index contributed by atoms with van der Waals surface area (Å²) >= 11 is 0. The van der Waals surface area contributed by atoms with Crippen LogP contribution in [0.3, 0.4) is 0 Å². The van der Waals surface area contributed by atoms with Gasteiger partial charge in [-0.15, -0.1) is 0 Å². The molecule has 1 atom stereocenters. The lowest BCUT2D eigenvalue weighted by Gasteiger charge is -2.22. The second-order valence-corrected chi connectivity index (χ2v) is 5.48. The first-order valence-corrected chi connectivity index (χ1v) is 6.95. The molecule has 8 heteroatoms. The van der Waals surface area contributed by atoms with Crippen LogP contribution in [0.25, 0.3) is 0 Å². The number of carboxylic acid groups (broad SMARTS) is 1. The number of imide groups is 1. The Morgan fingerprint density at radius 3 is 2.30 bits per heavy atom. The van der Waals surface area contributed by atoms with Crippen LogP contribution in [0.1, 0.15) is 29.3 Å². The quantitative estimate of drug-likeness (QED) is 0.675. The summed E-state index contributed by atoms with van der Waals surface area (Å²) in [6.45, 7) is 1.68. The summed E-state index contributed by atoms with van der Waals surface area (Å²) in [5.41, 5.74) is -0.256. The minimum absolute atomic E-state index is 0.103. The zero-order chi connectivity index (χ0) is 17.2. The summed E-state index contributed by atoms with van der Waals surface area (Å²) < 4.78 is 0. The molecule has 1 saturated heterocycles. The Hall–Kier alpha value is -2.90. The Balaban J connectivity index is 2.13. The van der Waals surface area contributed by atoms with Gasteiger partial charge in [0.2, 0.25) is 0 Å². The lowest BCUT2D eigenvalue weighted by Crippen LogP contribution is -2.40. The summed E-state index contributed by atoms with van der Waals surface area (Å²) in [5.74, 6) is -1.75. The van der Waals surface area contributed by atoms with Gasteiger partial charge in [0.1, 0.15) is 5.54 Å². The van der Waals surface area contributed by atoms with Crippen molar-refractivity contribution in [3.63, 3.8) is 0 Å². The molecule has 2 rings (SSSR count). The summed E-state index contributed by atoms with van der Waals surface area (Å²) in [7, 11) is 1.52. The predicted molar refractivity (Wildman–Crippen MR) is 79.7 cm³/mol. The van der Waals surface area contributed by atoms with Gasteiger partial charge in [0.05, 0.1) is 6.42 Å². The van der Waals surface area contributed by atoms with Crippen molar-refractivity contribution >= 4 is 23.8 Å². The minimum atomic E-state index is -1.17. The third kappa shape index (κ3) is 3.31. The van der Waals surface area contributed by atoms with Crippen LogP contribution in [0.2, 0.25) is 0 Å². The fraction of sp³-hybridized carbons (Fsp3) is 0.333. The first-order chi connectivity index (χ1) is 10.7. The Kier molecular flexibility index (Phi) is 4.35. The molecule has 1 aliphatic rings. The highest BCUT2D eigenvalue weighted by Crippen LogP contribution is 2.24. The van der Waals surface area contributed by atoms with Crippen molar-refractivity contribution in [3.05, 3.63) is 35.4 Å². The average molecular weight is 319 g/mol. The lowest BCUT2D eigenvalue weighted by molar-refractivity contribution is -0.137. The fourth-order valence-electron chi connectivity index (χ4n) is 2.28. The number of carbonyl (C=O) groups excluding carboxylic acids is 3. The molecule has 0 spiro atoms. The standard InChI is InChI=1S/C15H17N3O5/c1-15(13(22)16-14(23)17-15)10-5-3-9(4-6-10)12(21)18(2)8-7-11(19)20/h3-6H,7-8H2,1-2H3,(H,19,20)(H2,16,17,22,23)/t15-/m0/s1. The monoisotopic (exact) mass is 319 g/mol. The number of nitrogens with one attached hydrogen (secondary N) is 2. The van der Waals surface area contributed by atoms with E-state index in [-0.39, 0.29) is 18.9 Å². The lowest BCUT2D eigenvalue weighted by atomic mass is 9.91. The topological polar surface area (TPSA) is 116 Å². The third-order valence-corrected chi connectivity index (χ3v) is 3.76. The van der Waals surface area contributed by atoms with E-state index < -0.39 is 23.4 Å². The zero-order valence-electron chi connectivity index (χ0n) is 12.8. The van der Waals surface area contributed by atoms with Gasteiger partial charge in [-0.1, -0.05) is 12.1 Å². The van der Waals surface area contributed by atoms with Crippen molar-refractivity contribution in [3.8, 4) is 0 Å². The van der Waals surface area contributed by atoms with E-state index in [0.29, 0.717) is 11.1 Å². The number of hydrogen-bond acceptors (Lipinski definition) is 4. The highest BCUT2D eigenvalue weighted by Gasteiger charge is 2.43. The van der Waals surface area contributed by atoms with E-state index in [9.17, 15) is 19.2 Å². The molecule has 4 amide bonds. The smallest absolute Gasteiger partial charge is 0.322 e. The summed E-state index contributed by atoms with van der Waals surface area (Å²) in [5, 5.41) is 13.3. The molecule has 3 N–H and O–H groups in total. The van der Waals surface area contributed by atoms with Gasteiger partial charge in [-0.3, -0.25) is 19.7 Å². The van der Waals surface area contributed by atoms with Crippen LogP contribution in [-0.4, -0.2) is 47.4 Å². The molecule has 1 aromatic rings. The number of benzene rings is 1. The van der Waals surface area contributed by atoms with Gasteiger partial charge in [-0.25, -0.2) is 4.79 Å². The molecule has 8 nitrogen and oxygen atoms in total. The number of rotatable bonds is 5. The first-order valence-electron chi connectivity index (χ1n) is 6.95. The van der Waals surface area contributed by atoms with E-state index >= 15 is 0 Å². The second-order valence-electron chi connectivity index (χ2n) is 5.48. The van der Waals surface area contributed by atoms with Crippen LogP contribution in [0, 0.1) is 0 Å². The SMILES string of the molecule is CN(CCC(=O)O)C(=O)c1ccc([C@]2(C)NC(=O)NC2=O)cc1. The summed E-state index contributed by atoms with van der Waals surface area (Å²) in [6.07, 6.45) is -0.134. The first kappa shape index (κ1) is 16.5. The average Bonchev–Trinajstić information content (AvgIpc) is 2.77. The van der Waals surface area contributed by atoms with Gasteiger partial charge in [0.25, 0.3) is 11.8 Å². The molecule has 0 unspecified atom stereocenters. The van der Waals surface area contributed by atoms with Gasteiger partial charge in [-0.2, -0.15) is 0 Å². The Morgan fingerprint density at radius 1 is 1.22 bits per heavy atom. The maximum atomic E-state index is 12.2. The number of carboxylic acids is 1. The number of aliphatic carboxylic acids is 1. The zero-order valence-corrected chi connectivity index (χ0v) is 12.8. The molecule has 1 aliphatic heterocycles. The van der Waals surface area contributed by atoms with Crippen molar-refractivity contribution in [2.75, 3.05) is 13.6 Å². The molecule has 0 saturated carbocycles. The number of carbonyl (C=O) groups is 4. The van der Waals surface area contributed by atoms with Crippen LogP contribution in [0.4, 0.5) is 4.79 Å². The van der Waals surface area contributed by atoms with Crippen LogP contribution < -0.4 is 10.6 Å². The van der Waals surface area contributed by atoms with Crippen molar-refractivity contribution < 1.29 is 24.3 Å². The van der Waals surface area contributed by atoms with E-state index in [2.05, 4.69) is 10.6 Å². The second kappa shape index (κ2) is 6.07. The molecule has 1 fully saturated rings. The molecule has 1 heterocycles. The highest BCUT2D eigenvalue weighted by molar-refractivity contribution is 6.07. The molecule has 0 bridgehead atoms. The van der Waals surface area contributed by atoms with Gasteiger partial charge in [0.15, 0.2) is 0 Å². The van der Waals surface area contributed by atoms with E-state index in [1.165, 1.54) is 24.1 Å². The Morgan fingerprint density at radius 2 is 1.83 bits per heavy atom. The molecular formula is C15H17N3O5. The third-order valence-electron chi connectivity index (χ3n) is 3.76. The van der Waals surface area contributed by atoms with Gasteiger partial charge >= 0.3 is 12.0 Å². The Bertz CT molecular complexity index is 670. The molecule has 1 aromatic carbocycles. The van der Waals surface area contributed by atoms with Gasteiger partial charge < -0.3 is 15.3 Å². The maximum Gasteiger partial charge on any atom is 0.322 e. The molecule has 0 radical (unpaired) electrons. The predicted octanol–water partition coefficient (Wildman–Crippen LogP) is 0.288. The number of amides is 4. The normalized spacial score (nSPS) is 19.9. The van der Waals surface area contributed by atoms with Crippen molar-refractivity contribution in [1.29, 1.82) is 0 Å². The van der Waals surface area contributed by atoms with E-state index in [4.69, 9.17) is 5.11 Å². The highest BCUT2D eigenvalue weighted by atomic mass is 16.4. The molecule has 122 valence electrons. The molecule has 0 aliphatic carbocycles. The fourth-order valence-corrected chi connectivity index (χ4v) is 2.28. The van der Waals surface area contributed by atoms with E-state index in [1.54, 1.807) is 19.1 Å². The number of hydrogen-bond donors (Lipinski definition) is 3. The van der Waals surface area contributed by atoms with Crippen LogP contribution in [-0.2, 0) is 15.1 Å². The van der Waals surface area contributed by atoms with Gasteiger partial charge in [-0.05, 0) is 24.6 Å². The summed E-state index contributed by atoms with van der Waals surface area (Å²) in [6, 6.07) is 5.69. The number of nitrogens with zero attached hydrogens (tertiary/aromatic N) is 1. The minimum Gasteiger partial charge on any atom is -0.481 e. The molecule has 23 heavy (non-hydrogen) atoms. The van der Waals surface area contributed by atoms with Crippen LogP contribution in [0.5, 0.6) is 0 Å². The van der Waals surface area contributed by atoms with Gasteiger partial charge in [0, 0.05) is 19.2 Å².